The van der Waals surface area contributed by atoms with Gasteiger partial charge in [-0.1, -0.05) is 12.1 Å². The highest BCUT2D eigenvalue weighted by Gasteiger charge is 2.15. The Morgan fingerprint density at radius 1 is 1.04 bits per heavy atom. The van der Waals surface area contributed by atoms with Crippen LogP contribution in [0.25, 0.3) is 0 Å². The Balaban J connectivity index is 1.87. The van der Waals surface area contributed by atoms with Gasteiger partial charge in [0.1, 0.15) is 11.6 Å². The van der Waals surface area contributed by atoms with Gasteiger partial charge in [-0.15, -0.1) is 0 Å². The van der Waals surface area contributed by atoms with Crippen LogP contribution in [-0.2, 0) is 11.3 Å². The first-order chi connectivity index (χ1) is 13.3. The summed E-state index contributed by atoms with van der Waals surface area (Å²) in [5.41, 5.74) is 1.84. The SMILES string of the molecule is CCN(Cc1ccc(N(C)C)cc1)C(=O)CCNC(=O)c1ccc(F)cc1F. The Kier molecular flexibility index (Phi) is 7.49. The molecule has 7 heteroatoms. The first kappa shape index (κ1) is 21.3. The number of rotatable bonds is 8. The van der Waals surface area contributed by atoms with Crippen molar-refractivity contribution in [2.24, 2.45) is 0 Å². The molecule has 0 saturated carbocycles. The minimum Gasteiger partial charge on any atom is -0.378 e. The van der Waals surface area contributed by atoms with Crippen molar-refractivity contribution in [2.75, 3.05) is 32.1 Å². The summed E-state index contributed by atoms with van der Waals surface area (Å²) in [5.74, 6) is -2.46. The molecule has 0 aliphatic rings. The Bertz CT molecular complexity index is 823. The zero-order valence-corrected chi connectivity index (χ0v) is 16.3. The second-order valence-electron chi connectivity index (χ2n) is 6.60. The van der Waals surface area contributed by atoms with Crippen molar-refractivity contribution in [1.82, 2.24) is 10.2 Å². The van der Waals surface area contributed by atoms with Gasteiger partial charge in [-0.25, -0.2) is 8.78 Å². The molecular weight excluding hydrogens is 364 g/mol. The van der Waals surface area contributed by atoms with Crippen molar-refractivity contribution >= 4 is 17.5 Å². The van der Waals surface area contributed by atoms with E-state index >= 15 is 0 Å². The number of carbonyl (C=O) groups is 2. The summed E-state index contributed by atoms with van der Waals surface area (Å²) in [6.07, 6.45) is 0.0954. The molecule has 1 N–H and O–H groups in total. The quantitative estimate of drug-likeness (QED) is 0.754. The summed E-state index contributed by atoms with van der Waals surface area (Å²) >= 11 is 0. The van der Waals surface area contributed by atoms with Crippen LogP contribution in [0.3, 0.4) is 0 Å². The van der Waals surface area contributed by atoms with E-state index in [1.54, 1.807) is 4.90 Å². The molecule has 0 atom stereocenters. The van der Waals surface area contributed by atoms with Crippen LogP contribution in [0.5, 0.6) is 0 Å². The number of hydrogen-bond donors (Lipinski definition) is 1. The number of hydrogen-bond acceptors (Lipinski definition) is 3. The molecular formula is C21H25F2N3O2. The largest absolute Gasteiger partial charge is 0.378 e. The average molecular weight is 389 g/mol. The van der Waals surface area contributed by atoms with Crippen LogP contribution < -0.4 is 10.2 Å². The van der Waals surface area contributed by atoms with Crippen LogP contribution in [0.15, 0.2) is 42.5 Å². The van der Waals surface area contributed by atoms with Gasteiger partial charge in [0.05, 0.1) is 5.56 Å². The molecule has 0 aliphatic carbocycles. The van der Waals surface area contributed by atoms with Crippen molar-refractivity contribution in [3.63, 3.8) is 0 Å². The summed E-state index contributed by atoms with van der Waals surface area (Å²) < 4.78 is 26.5. The predicted octanol–water partition coefficient (Wildman–Crippen LogP) is 3.20. The monoisotopic (exact) mass is 389 g/mol. The average Bonchev–Trinajstić information content (AvgIpc) is 2.66. The molecule has 28 heavy (non-hydrogen) atoms. The van der Waals surface area contributed by atoms with Crippen molar-refractivity contribution in [2.45, 2.75) is 19.9 Å². The Labute approximate surface area is 163 Å². The molecule has 0 fully saturated rings. The molecule has 5 nitrogen and oxygen atoms in total. The van der Waals surface area contributed by atoms with Crippen LogP contribution in [0, 0.1) is 11.6 Å². The number of halogens is 2. The third kappa shape index (κ3) is 5.77. The summed E-state index contributed by atoms with van der Waals surface area (Å²) in [7, 11) is 3.92. The van der Waals surface area contributed by atoms with E-state index in [0.717, 1.165) is 23.4 Å². The molecule has 0 aliphatic heterocycles. The fraction of sp³-hybridized carbons (Fsp3) is 0.333. The summed E-state index contributed by atoms with van der Waals surface area (Å²) in [5, 5.41) is 2.50. The molecule has 0 spiro atoms. The third-order valence-corrected chi connectivity index (χ3v) is 4.36. The van der Waals surface area contributed by atoms with Gasteiger partial charge in [0.25, 0.3) is 5.91 Å². The van der Waals surface area contributed by atoms with Gasteiger partial charge < -0.3 is 15.1 Å². The number of carbonyl (C=O) groups excluding carboxylic acids is 2. The zero-order valence-electron chi connectivity index (χ0n) is 16.3. The van der Waals surface area contributed by atoms with Gasteiger partial charge in [-0.05, 0) is 36.8 Å². The van der Waals surface area contributed by atoms with E-state index < -0.39 is 17.5 Å². The second kappa shape index (κ2) is 9.82. The first-order valence-corrected chi connectivity index (χ1v) is 9.09. The molecule has 150 valence electrons. The van der Waals surface area contributed by atoms with Crippen LogP contribution in [-0.4, -0.2) is 43.9 Å². The fourth-order valence-electron chi connectivity index (χ4n) is 2.71. The molecule has 0 aromatic heterocycles. The normalized spacial score (nSPS) is 10.5. The number of anilines is 1. The number of benzene rings is 2. The topological polar surface area (TPSA) is 52.6 Å². The van der Waals surface area contributed by atoms with E-state index in [-0.39, 0.29) is 24.4 Å². The summed E-state index contributed by atoms with van der Waals surface area (Å²) in [4.78, 5) is 28.1. The van der Waals surface area contributed by atoms with Crippen LogP contribution >= 0.6 is 0 Å². The molecule has 2 rings (SSSR count). The highest BCUT2D eigenvalue weighted by molar-refractivity contribution is 5.94. The van der Waals surface area contributed by atoms with Gasteiger partial charge in [0.2, 0.25) is 5.91 Å². The maximum atomic E-state index is 13.6. The summed E-state index contributed by atoms with van der Waals surface area (Å²) in [6, 6.07) is 10.7. The first-order valence-electron chi connectivity index (χ1n) is 9.09. The second-order valence-corrected chi connectivity index (χ2v) is 6.60. The van der Waals surface area contributed by atoms with Gasteiger partial charge in [0, 0.05) is 51.9 Å². The molecule has 0 saturated heterocycles. The van der Waals surface area contributed by atoms with E-state index in [1.165, 1.54) is 0 Å². The van der Waals surface area contributed by atoms with Gasteiger partial charge in [0.15, 0.2) is 0 Å². The Morgan fingerprint density at radius 2 is 1.71 bits per heavy atom. The van der Waals surface area contributed by atoms with Crippen molar-refractivity contribution < 1.29 is 18.4 Å². The molecule has 0 radical (unpaired) electrons. The number of amides is 2. The maximum Gasteiger partial charge on any atom is 0.254 e. The predicted molar refractivity (Wildman–Crippen MR) is 105 cm³/mol. The minimum atomic E-state index is -0.930. The molecule has 2 aromatic rings. The molecule has 0 heterocycles. The van der Waals surface area contributed by atoms with Crippen LogP contribution in [0.4, 0.5) is 14.5 Å². The fourth-order valence-corrected chi connectivity index (χ4v) is 2.71. The Hall–Kier alpha value is -2.96. The molecule has 2 aromatic carbocycles. The van der Waals surface area contributed by atoms with Gasteiger partial charge >= 0.3 is 0 Å². The third-order valence-electron chi connectivity index (χ3n) is 4.36. The lowest BCUT2D eigenvalue weighted by Gasteiger charge is -2.22. The van der Waals surface area contributed by atoms with E-state index in [1.807, 2.05) is 50.2 Å². The van der Waals surface area contributed by atoms with E-state index in [4.69, 9.17) is 0 Å². The van der Waals surface area contributed by atoms with Crippen LogP contribution in [0.2, 0.25) is 0 Å². The lowest BCUT2D eigenvalue weighted by atomic mass is 10.1. The van der Waals surface area contributed by atoms with E-state index in [0.29, 0.717) is 19.2 Å². The molecule has 0 bridgehead atoms. The number of nitrogens with one attached hydrogen (secondary N) is 1. The lowest BCUT2D eigenvalue weighted by Crippen LogP contribution is -2.34. The van der Waals surface area contributed by atoms with Crippen molar-refractivity contribution in [3.05, 3.63) is 65.2 Å². The maximum absolute atomic E-state index is 13.6. The minimum absolute atomic E-state index is 0.0740. The highest BCUT2D eigenvalue weighted by atomic mass is 19.1. The zero-order chi connectivity index (χ0) is 20.7. The van der Waals surface area contributed by atoms with E-state index in [9.17, 15) is 18.4 Å². The highest BCUT2D eigenvalue weighted by Crippen LogP contribution is 2.14. The van der Waals surface area contributed by atoms with Crippen molar-refractivity contribution in [3.8, 4) is 0 Å². The van der Waals surface area contributed by atoms with E-state index in [2.05, 4.69) is 5.32 Å². The smallest absolute Gasteiger partial charge is 0.254 e. The molecule has 2 amide bonds. The van der Waals surface area contributed by atoms with Crippen LogP contribution in [0.1, 0.15) is 29.3 Å². The van der Waals surface area contributed by atoms with Gasteiger partial charge in [-0.3, -0.25) is 9.59 Å². The lowest BCUT2D eigenvalue weighted by molar-refractivity contribution is -0.131. The Morgan fingerprint density at radius 3 is 2.29 bits per heavy atom. The standard InChI is InChI=1S/C21H25F2N3O2/c1-4-26(14-15-5-8-17(9-6-15)25(2)3)20(27)11-12-24-21(28)18-10-7-16(22)13-19(18)23/h5-10,13H,4,11-12,14H2,1-3H3,(H,24,28). The summed E-state index contributed by atoms with van der Waals surface area (Å²) in [6.45, 7) is 2.97. The number of nitrogens with zero attached hydrogens (tertiary/aromatic N) is 2. The molecule has 0 unspecified atom stereocenters. The van der Waals surface area contributed by atoms with Gasteiger partial charge in [-0.2, -0.15) is 0 Å². The van der Waals surface area contributed by atoms with Crippen molar-refractivity contribution in [1.29, 1.82) is 0 Å².